The highest BCUT2D eigenvalue weighted by molar-refractivity contribution is 9.10. The molecule has 1 fully saturated rings. The van der Waals surface area contributed by atoms with E-state index in [9.17, 15) is 4.79 Å². The van der Waals surface area contributed by atoms with Crippen molar-refractivity contribution in [2.75, 3.05) is 17.3 Å². The van der Waals surface area contributed by atoms with E-state index >= 15 is 0 Å². The molecular formula is C14H22BrN3OS. The maximum absolute atomic E-state index is 12.5. The molecule has 2 rings (SSSR count). The topological polar surface area (TPSA) is 46.9 Å². The molecule has 4 nitrogen and oxygen atoms in total. The lowest BCUT2D eigenvalue weighted by molar-refractivity contribution is 0.262. The maximum Gasteiger partial charge on any atom is 0.291 e. The van der Waals surface area contributed by atoms with Crippen molar-refractivity contribution >= 4 is 33.4 Å². The molecular weight excluding hydrogens is 338 g/mol. The summed E-state index contributed by atoms with van der Waals surface area (Å²) in [5, 5.41) is 7.63. The zero-order valence-corrected chi connectivity index (χ0v) is 14.5. The van der Waals surface area contributed by atoms with Crippen LogP contribution in [-0.4, -0.2) is 27.8 Å². The van der Waals surface area contributed by atoms with E-state index in [4.69, 9.17) is 0 Å². The van der Waals surface area contributed by atoms with Crippen molar-refractivity contribution in [2.24, 2.45) is 5.92 Å². The number of hydrogen-bond acceptors (Lipinski definition) is 4. The zero-order valence-electron chi connectivity index (χ0n) is 12.1. The zero-order chi connectivity index (χ0) is 14.5. The summed E-state index contributed by atoms with van der Waals surface area (Å²) in [6.07, 6.45) is 8.54. The number of rotatable bonds is 7. The van der Waals surface area contributed by atoms with E-state index in [0.717, 1.165) is 23.2 Å². The smallest absolute Gasteiger partial charge is 0.291 e. The fourth-order valence-electron chi connectivity index (χ4n) is 2.32. The number of halogens is 1. The molecule has 0 saturated heterocycles. The minimum absolute atomic E-state index is 0.00849. The Balaban J connectivity index is 2.17. The van der Waals surface area contributed by atoms with E-state index < -0.39 is 0 Å². The van der Waals surface area contributed by atoms with Crippen LogP contribution in [0.1, 0.15) is 32.6 Å². The first kappa shape index (κ1) is 15.9. The Labute approximate surface area is 132 Å². The summed E-state index contributed by atoms with van der Waals surface area (Å²) in [4.78, 5) is 12.5. The molecule has 0 bridgehead atoms. The van der Waals surface area contributed by atoms with Crippen LogP contribution in [0.4, 0.5) is 5.69 Å². The van der Waals surface area contributed by atoms with E-state index in [1.54, 1.807) is 22.6 Å². The summed E-state index contributed by atoms with van der Waals surface area (Å²) in [6.45, 7) is 2.88. The molecule has 1 N–H and O–H groups in total. The average Bonchev–Trinajstić information content (AvgIpc) is 2.39. The molecule has 0 amide bonds. The van der Waals surface area contributed by atoms with Gasteiger partial charge in [-0.2, -0.15) is 16.9 Å². The van der Waals surface area contributed by atoms with Gasteiger partial charge in [-0.25, -0.2) is 4.68 Å². The molecule has 0 aliphatic heterocycles. The van der Waals surface area contributed by atoms with Crippen LogP contribution >= 0.6 is 27.7 Å². The van der Waals surface area contributed by atoms with Gasteiger partial charge in [-0.1, -0.05) is 13.3 Å². The second kappa shape index (κ2) is 7.50. The highest BCUT2D eigenvalue weighted by Crippen LogP contribution is 2.27. The Morgan fingerprint density at radius 3 is 2.90 bits per heavy atom. The lowest BCUT2D eigenvalue weighted by Crippen LogP contribution is -2.33. The molecule has 112 valence electrons. The fourth-order valence-corrected chi connectivity index (χ4v) is 3.41. The van der Waals surface area contributed by atoms with E-state index in [1.807, 2.05) is 0 Å². The van der Waals surface area contributed by atoms with Crippen LogP contribution in [0.3, 0.4) is 0 Å². The molecule has 1 heterocycles. The number of nitrogens with one attached hydrogen (secondary N) is 1. The largest absolute Gasteiger partial charge is 0.376 e. The number of anilines is 1. The minimum atomic E-state index is -0.00849. The van der Waals surface area contributed by atoms with Gasteiger partial charge >= 0.3 is 0 Å². The molecule has 6 heteroatoms. The van der Waals surface area contributed by atoms with Crippen molar-refractivity contribution in [3.05, 3.63) is 21.0 Å². The molecule has 20 heavy (non-hydrogen) atoms. The Hall–Kier alpha value is -0.490. The van der Waals surface area contributed by atoms with Gasteiger partial charge < -0.3 is 5.32 Å². The van der Waals surface area contributed by atoms with Crippen LogP contribution < -0.4 is 10.9 Å². The van der Waals surface area contributed by atoms with Crippen LogP contribution in [0, 0.1) is 5.92 Å². The first-order chi connectivity index (χ1) is 9.65. The molecule has 1 aromatic rings. The highest BCUT2D eigenvalue weighted by Gasteiger charge is 2.20. The van der Waals surface area contributed by atoms with Crippen LogP contribution in [0.5, 0.6) is 0 Å². The van der Waals surface area contributed by atoms with Crippen LogP contribution in [0.2, 0.25) is 0 Å². The van der Waals surface area contributed by atoms with Gasteiger partial charge in [0, 0.05) is 18.3 Å². The van der Waals surface area contributed by atoms with Gasteiger partial charge in [0.15, 0.2) is 0 Å². The second-order valence-corrected chi connectivity index (χ2v) is 7.12. The summed E-state index contributed by atoms with van der Waals surface area (Å²) < 4.78 is 2.37. The molecule has 1 aromatic heterocycles. The van der Waals surface area contributed by atoms with Gasteiger partial charge in [0.05, 0.1) is 10.7 Å². The van der Waals surface area contributed by atoms with E-state index in [2.05, 4.69) is 39.5 Å². The van der Waals surface area contributed by atoms with Gasteiger partial charge in [0.25, 0.3) is 5.56 Å². The molecule has 0 radical (unpaired) electrons. The molecule has 1 aliphatic rings. The van der Waals surface area contributed by atoms with Gasteiger partial charge in [0.2, 0.25) is 0 Å². The van der Waals surface area contributed by atoms with E-state index in [1.165, 1.54) is 19.3 Å². The molecule has 1 unspecified atom stereocenters. The molecule has 1 saturated carbocycles. The fraction of sp³-hybridized carbons (Fsp3) is 0.714. The van der Waals surface area contributed by atoms with Crippen molar-refractivity contribution in [2.45, 2.75) is 45.2 Å². The van der Waals surface area contributed by atoms with Crippen molar-refractivity contribution in [3.8, 4) is 0 Å². The van der Waals surface area contributed by atoms with Crippen molar-refractivity contribution in [3.63, 3.8) is 0 Å². The second-order valence-electron chi connectivity index (χ2n) is 5.36. The Kier molecular flexibility index (Phi) is 5.96. The third-order valence-corrected chi connectivity index (χ3v) is 5.20. The van der Waals surface area contributed by atoms with Gasteiger partial charge in [-0.15, -0.1) is 0 Å². The summed E-state index contributed by atoms with van der Waals surface area (Å²) in [7, 11) is 0. The lowest BCUT2D eigenvalue weighted by atomic mass is 9.85. The highest BCUT2D eigenvalue weighted by atomic mass is 79.9. The average molecular weight is 360 g/mol. The Morgan fingerprint density at radius 2 is 2.35 bits per heavy atom. The Morgan fingerprint density at radius 1 is 1.60 bits per heavy atom. The SMILES string of the molecule is CCC(CSC)Nc1c(Br)cnn(CC2CCC2)c1=O. The lowest BCUT2D eigenvalue weighted by Gasteiger charge is -2.25. The van der Waals surface area contributed by atoms with Crippen LogP contribution in [0.25, 0.3) is 0 Å². The predicted molar refractivity (Wildman–Crippen MR) is 89.6 cm³/mol. The summed E-state index contributed by atoms with van der Waals surface area (Å²) in [6, 6.07) is 0.313. The van der Waals surface area contributed by atoms with E-state index in [-0.39, 0.29) is 5.56 Å². The first-order valence-electron chi connectivity index (χ1n) is 7.16. The van der Waals surface area contributed by atoms with Crippen LogP contribution in [0.15, 0.2) is 15.5 Å². The monoisotopic (exact) mass is 359 g/mol. The number of nitrogens with zero attached hydrogens (tertiary/aromatic N) is 2. The maximum atomic E-state index is 12.5. The molecule has 0 spiro atoms. The predicted octanol–water partition coefficient (Wildman–Crippen LogP) is 3.36. The summed E-state index contributed by atoms with van der Waals surface area (Å²) >= 11 is 5.23. The van der Waals surface area contributed by atoms with Crippen molar-refractivity contribution < 1.29 is 0 Å². The van der Waals surface area contributed by atoms with Crippen molar-refractivity contribution in [1.82, 2.24) is 9.78 Å². The van der Waals surface area contributed by atoms with Crippen LogP contribution in [-0.2, 0) is 6.54 Å². The molecule has 1 atom stereocenters. The first-order valence-corrected chi connectivity index (χ1v) is 9.35. The van der Waals surface area contributed by atoms with E-state index in [0.29, 0.717) is 17.6 Å². The van der Waals surface area contributed by atoms with Gasteiger partial charge in [-0.05, 0) is 47.4 Å². The number of hydrogen-bond donors (Lipinski definition) is 1. The third-order valence-electron chi connectivity index (χ3n) is 3.86. The summed E-state index contributed by atoms with van der Waals surface area (Å²) in [5.41, 5.74) is 0.644. The normalized spacial score (nSPS) is 16.8. The summed E-state index contributed by atoms with van der Waals surface area (Å²) in [5.74, 6) is 1.62. The standard InChI is InChI=1S/C14H22BrN3OS/c1-3-11(9-20-2)17-13-12(15)7-16-18(14(13)19)8-10-5-4-6-10/h7,10-11,17H,3-6,8-9H2,1-2H3. The van der Waals surface area contributed by atoms with Gasteiger partial charge in [0.1, 0.15) is 5.69 Å². The van der Waals surface area contributed by atoms with Gasteiger partial charge in [-0.3, -0.25) is 4.79 Å². The number of thioether (sulfide) groups is 1. The number of aromatic nitrogens is 2. The minimum Gasteiger partial charge on any atom is -0.376 e. The quantitative estimate of drug-likeness (QED) is 0.810. The van der Waals surface area contributed by atoms with Crippen molar-refractivity contribution in [1.29, 1.82) is 0 Å². The third kappa shape index (κ3) is 3.79. The molecule has 0 aromatic carbocycles. The Bertz CT molecular complexity index is 502. The molecule has 1 aliphatic carbocycles.